The SMILES string of the molecule is CCC(C)Sc1nc2c(c(=O)[nH]1)C(c1cc3c(cc1[N+](=O)[O-])OCO3)C1=C(CC(C)(C)CC1=O)N2. The largest absolute Gasteiger partial charge is 0.454 e. The number of aromatic nitrogens is 2. The van der Waals surface area contributed by atoms with Crippen LogP contribution in [0.5, 0.6) is 11.5 Å². The van der Waals surface area contributed by atoms with Crippen LogP contribution in [0.2, 0.25) is 0 Å². The molecule has 3 heterocycles. The highest BCUT2D eigenvalue weighted by molar-refractivity contribution is 7.99. The zero-order valence-corrected chi connectivity index (χ0v) is 20.7. The summed E-state index contributed by atoms with van der Waals surface area (Å²) in [5, 5.41) is 16.0. The molecular weight excluding hydrogens is 472 g/mol. The molecule has 2 atom stereocenters. The predicted molar refractivity (Wildman–Crippen MR) is 130 cm³/mol. The highest BCUT2D eigenvalue weighted by Gasteiger charge is 2.45. The summed E-state index contributed by atoms with van der Waals surface area (Å²) in [7, 11) is 0. The van der Waals surface area contributed by atoms with Crippen LogP contribution in [0.4, 0.5) is 11.5 Å². The van der Waals surface area contributed by atoms with Crippen LogP contribution in [-0.2, 0) is 4.79 Å². The number of fused-ring (bicyclic) bond motifs is 2. The molecule has 1 aromatic carbocycles. The van der Waals surface area contributed by atoms with E-state index in [1.807, 2.05) is 27.7 Å². The van der Waals surface area contributed by atoms with Gasteiger partial charge in [-0.3, -0.25) is 19.7 Å². The number of nitrogens with one attached hydrogen (secondary N) is 2. The molecule has 1 aliphatic carbocycles. The zero-order valence-electron chi connectivity index (χ0n) is 19.9. The molecule has 3 aliphatic rings. The Balaban J connectivity index is 1.76. The second-order valence-electron chi connectivity index (χ2n) is 9.88. The summed E-state index contributed by atoms with van der Waals surface area (Å²) in [5.41, 5.74) is 0.427. The lowest BCUT2D eigenvalue weighted by molar-refractivity contribution is -0.385. The number of Topliss-reactive ketones (excluding diaryl/α,β-unsaturated/α-hetero) is 1. The molecule has 5 rings (SSSR count). The van der Waals surface area contributed by atoms with Gasteiger partial charge in [0.15, 0.2) is 22.4 Å². The minimum atomic E-state index is -0.960. The van der Waals surface area contributed by atoms with Crippen LogP contribution in [0, 0.1) is 15.5 Å². The third kappa shape index (κ3) is 4.07. The number of carbonyl (C=O) groups is 1. The summed E-state index contributed by atoms with van der Waals surface area (Å²) >= 11 is 1.45. The molecule has 2 aromatic rings. The monoisotopic (exact) mass is 498 g/mol. The van der Waals surface area contributed by atoms with Crippen molar-refractivity contribution in [1.82, 2.24) is 9.97 Å². The Morgan fingerprint density at radius 2 is 1.97 bits per heavy atom. The van der Waals surface area contributed by atoms with E-state index >= 15 is 0 Å². The quantitative estimate of drug-likeness (QED) is 0.264. The molecule has 0 saturated heterocycles. The summed E-state index contributed by atoms with van der Waals surface area (Å²) in [6.45, 7) is 8.03. The van der Waals surface area contributed by atoms with Gasteiger partial charge in [-0.15, -0.1) is 0 Å². The number of benzene rings is 1. The average Bonchev–Trinajstić information content (AvgIpc) is 3.23. The molecule has 35 heavy (non-hydrogen) atoms. The van der Waals surface area contributed by atoms with Gasteiger partial charge in [-0.05, 0) is 24.3 Å². The van der Waals surface area contributed by atoms with Crippen LogP contribution in [0.3, 0.4) is 0 Å². The number of nitro groups is 1. The van der Waals surface area contributed by atoms with Crippen molar-refractivity contribution in [3.63, 3.8) is 0 Å². The van der Waals surface area contributed by atoms with Gasteiger partial charge in [0.2, 0.25) is 6.79 Å². The normalized spacial score (nSPS) is 20.7. The molecule has 2 unspecified atom stereocenters. The fourth-order valence-electron chi connectivity index (χ4n) is 4.87. The first kappa shape index (κ1) is 23.4. The number of hydrogen-bond acceptors (Lipinski definition) is 9. The second kappa shape index (κ2) is 8.40. The van der Waals surface area contributed by atoms with Gasteiger partial charge in [-0.1, -0.05) is 39.5 Å². The number of aromatic amines is 1. The number of rotatable bonds is 5. The Bertz CT molecular complexity index is 1350. The van der Waals surface area contributed by atoms with Crippen LogP contribution in [0.1, 0.15) is 64.0 Å². The van der Waals surface area contributed by atoms with Gasteiger partial charge in [-0.2, -0.15) is 0 Å². The molecule has 0 amide bonds. The number of ether oxygens (including phenoxy) is 2. The van der Waals surface area contributed by atoms with Crippen molar-refractivity contribution in [2.75, 3.05) is 12.1 Å². The summed E-state index contributed by atoms with van der Waals surface area (Å²) in [6.07, 6.45) is 1.71. The number of anilines is 1. The number of hydrogen-bond donors (Lipinski definition) is 2. The fourth-order valence-corrected chi connectivity index (χ4v) is 5.71. The standard InChI is InChI=1S/C24H26N4O6S/c1-5-11(2)35-23-26-21-20(22(30)27-23)18(19-13(25-21)8-24(3,4)9-15(19)29)12-6-16-17(34-10-33-16)7-14(12)28(31)32/h6-7,11,18H,5,8-10H2,1-4H3,(H2,25,26,27,30). The van der Waals surface area contributed by atoms with Crippen LogP contribution < -0.4 is 20.3 Å². The number of ketones is 1. The Kier molecular flexibility index (Phi) is 5.62. The molecule has 184 valence electrons. The minimum Gasteiger partial charge on any atom is -0.454 e. The number of nitrogens with zero attached hydrogens (tertiary/aromatic N) is 2. The van der Waals surface area contributed by atoms with Crippen LogP contribution in [0.25, 0.3) is 0 Å². The first-order valence-corrected chi connectivity index (χ1v) is 12.4. The Hall–Kier alpha value is -3.34. The number of carbonyl (C=O) groups excluding carboxylic acids is 1. The maximum absolute atomic E-state index is 13.5. The van der Waals surface area contributed by atoms with Gasteiger partial charge < -0.3 is 19.8 Å². The van der Waals surface area contributed by atoms with Gasteiger partial charge in [0.1, 0.15) is 5.82 Å². The minimum absolute atomic E-state index is 0.0574. The second-order valence-corrected chi connectivity index (χ2v) is 11.3. The molecule has 1 aromatic heterocycles. The zero-order chi connectivity index (χ0) is 25.1. The number of H-pyrrole nitrogens is 1. The summed E-state index contributed by atoms with van der Waals surface area (Å²) in [5.74, 6) is -0.194. The molecule has 0 radical (unpaired) electrons. The summed E-state index contributed by atoms with van der Waals surface area (Å²) in [6, 6.07) is 2.81. The molecule has 0 saturated carbocycles. The van der Waals surface area contributed by atoms with Gasteiger partial charge in [0.05, 0.1) is 22.5 Å². The van der Waals surface area contributed by atoms with Crippen molar-refractivity contribution in [3.8, 4) is 11.5 Å². The van der Waals surface area contributed by atoms with E-state index in [1.165, 1.54) is 23.9 Å². The molecule has 10 nitrogen and oxygen atoms in total. The highest BCUT2D eigenvalue weighted by atomic mass is 32.2. The topological polar surface area (TPSA) is 136 Å². The Morgan fingerprint density at radius 3 is 2.66 bits per heavy atom. The van der Waals surface area contributed by atoms with Crippen molar-refractivity contribution < 1.29 is 19.2 Å². The van der Waals surface area contributed by atoms with Crippen LogP contribution in [-0.4, -0.2) is 32.7 Å². The molecule has 11 heteroatoms. The predicted octanol–water partition coefficient (Wildman–Crippen LogP) is 4.50. The molecule has 0 spiro atoms. The van der Waals surface area contributed by atoms with E-state index in [1.54, 1.807) is 0 Å². The molecular formula is C24H26N4O6S. The smallest absolute Gasteiger partial charge is 0.277 e. The van der Waals surface area contributed by atoms with Crippen molar-refractivity contribution >= 4 is 29.1 Å². The van der Waals surface area contributed by atoms with Gasteiger partial charge in [-0.25, -0.2) is 4.98 Å². The van der Waals surface area contributed by atoms with Gasteiger partial charge in [0, 0.05) is 28.5 Å². The average molecular weight is 499 g/mol. The van der Waals surface area contributed by atoms with E-state index in [2.05, 4.69) is 15.3 Å². The maximum atomic E-state index is 13.5. The summed E-state index contributed by atoms with van der Waals surface area (Å²) in [4.78, 5) is 46.0. The van der Waals surface area contributed by atoms with Crippen molar-refractivity contribution in [1.29, 1.82) is 0 Å². The molecule has 0 bridgehead atoms. The van der Waals surface area contributed by atoms with Crippen LogP contribution >= 0.6 is 11.8 Å². The van der Waals surface area contributed by atoms with E-state index in [0.29, 0.717) is 34.4 Å². The molecule has 0 fully saturated rings. The fraction of sp³-hybridized carbons (Fsp3) is 0.458. The highest BCUT2D eigenvalue weighted by Crippen LogP contribution is 2.51. The third-order valence-electron chi connectivity index (χ3n) is 6.62. The van der Waals surface area contributed by atoms with E-state index < -0.39 is 16.4 Å². The van der Waals surface area contributed by atoms with Crippen molar-refractivity contribution in [3.05, 3.63) is 55.0 Å². The number of thioether (sulfide) groups is 1. The number of nitro benzene ring substituents is 1. The lowest BCUT2D eigenvalue weighted by Gasteiger charge is -2.38. The van der Waals surface area contributed by atoms with E-state index in [0.717, 1.165) is 6.42 Å². The molecule has 2 N–H and O–H groups in total. The van der Waals surface area contributed by atoms with E-state index in [9.17, 15) is 19.7 Å². The first-order chi connectivity index (χ1) is 16.6. The van der Waals surface area contributed by atoms with Crippen molar-refractivity contribution in [2.24, 2.45) is 5.41 Å². The van der Waals surface area contributed by atoms with E-state index in [4.69, 9.17) is 9.47 Å². The number of allylic oxidation sites excluding steroid dienone is 2. The lowest BCUT2D eigenvalue weighted by atomic mass is 9.69. The maximum Gasteiger partial charge on any atom is 0.277 e. The lowest BCUT2D eigenvalue weighted by Crippen LogP contribution is -2.37. The Labute approximate surface area is 205 Å². The van der Waals surface area contributed by atoms with Gasteiger partial charge >= 0.3 is 0 Å². The van der Waals surface area contributed by atoms with Gasteiger partial charge in [0.25, 0.3) is 11.2 Å². The van der Waals surface area contributed by atoms with Crippen LogP contribution in [0.15, 0.2) is 33.4 Å². The Morgan fingerprint density at radius 1 is 1.26 bits per heavy atom. The van der Waals surface area contributed by atoms with Crippen molar-refractivity contribution in [2.45, 2.75) is 63.3 Å². The molecule has 2 aliphatic heterocycles. The third-order valence-corrected chi connectivity index (χ3v) is 7.77. The van der Waals surface area contributed by atoms with E-state index in [-0.39, 0.29) is 52.2 Å². The first-order valence-electron chi connectivity index (χ1n) is 11.5. The summed E-state index contributed by atoms with van der Waals surface area (Å²) < 4.78 is 10.8.